The van der Waals surface area contributed by atoms with Crippen molar-refractivity contribution in [2.24, 2.45) is 0 Å². The Balaban J connectivity index is 2.25. The topological polar surface area (TPSA) is 59.5 Å². The molecule has 2 rings (SSSR count). The molecule has 0 saturated carbocycles. The molecule has 0 aromatic carbocycles. The molecule has 0 radical (unpaired) electrons. The maximum Gasteiger partial charge on any atom is 0.204 e. The van der Waals surface area contributed by atoms with E-state index in [0.29, 0.717) is 5.75 Å². The first kappa shape index (κ1) is 13.9. The van der Waals surface area contributed by atoms with Crippen LogP contribution in [0.3, 0.4) is 0 Å². The van der Waals surface area contributed by atoms with Gasteiger partial charge in [-0.1, -0.05) is 0 Å². The Morgan fingerprint density at radius 2 is 2.26 bits per heavy atom. The van der Waals surface area contributed by atoms with E-state index in [0.717, 1.165) is 44.1 Å². The van der Waals surface area contributed by atoms with Crippen molar-refractivity contribution in [3.8, 4) is 5.75 Å². The highest BCUT2D eigenvalue weighted by Gasteiger charge is 2.24. The summed E-state index contributed by atoms with van der Waals surface area (Å²) in [6.07, 6.45) is 4.03. The zero-order valence-electron chi connectivity index (χ0n) is 11.8. The van der Waals surface area contributed by atoms with Gasteiger partial charge in [-0.05, 0) is 19.8 Å². The molecule has 19 heavy (non-hydrogen) atoms. The van der Waals surface area contributed by atoms with Crippen molar-refractivity contribution in [3.63, 3.8) is 0 Å². The van der Waals surface area contributed by atoms with E-state index < -0.39 is 0 Å². The van der Waals surface area contributed by atoms with E-state index in [-0.39, 0.29) is 6.10 Å². The van der Waals surface area contributed by atoms with Gasteiger partial charge in [-0.25, -0.2) is 9.97 Å². The zero-order chi connectivity index (χ0) is 13.7. The van der Waals surface area contributed by atoms with Crippen molar-refractivity contribution in [3.05, 3.63) is 6.33 Å². The highest BCUT2D eigenvalue weighted by Crippen LogP contribution is 2.33. The van der Waals surface area contributed by atoms with Crippen LogP contribution in [-0.2, 0) is 4.74 Å². The lowest BCUT2D eigenvalue weighted by Crippen LogP contribution is -2.40. The zero-order valence-corrected chi connectivity index (χ0v) is 11.8. The molecule has 6 heteroatoms. The van der Waals surface area contributed by atoms with Gasteiger partial charge in [-0.2, -0.15) is 0 Å². The van der Waals surface area contributed by atoms with Crippen LogP contribution in [0.4, 0.5) is 11.6 Å². The second kappa shape index (κ2) is 6.56. The minimum absolute atomic E-state index is 0.260. The van der Waals surface area contributed by atoms with Gasteiger partial charge in [0.25, 0.3) is 0 Å². The molecule has 106 valence electrons. The van der Waals surface area contributed by atoms with Gasteiger partial charge >= 0.3 is 0 Å². The number of nitrogens with one attached hydrogen (secondary N) is 1. The van der Waals surface area contributed by atoms with Gasteiger partial charge in [0.2, 0.25) is 5.75 Å². The summed E-state index contributed by atoms with van der Waals surface area (Å²) in [7, 11) is 3.41. The van der Waals surface area contributed by atoms with Crippen LogP contribution >= 0.6 is 0 Å². The van der Waals surface area contributed by atoms with E-state index in [1.54, 1.807) is 20.5 Å². The van der Waals surface area contributed by atoms with Crippen molar-refractivity contribution in [1.82, 2.24) is 9.97 Å². The van der Waals surface area contributed by atoms with Crippen LogP contribution in [0.5, 0.6) is 5.75 Å². The molecule has 0 spiro atoms. The Morgan fingerprint density at radius 1 is 1.42 bits per heavy atom. The van der Waals surface area contributed by atoms with E-state index in [1.807, 2.05) is 6.92 Å². The quantitative estimate of drug-likeness (QED) is 0.872. The number of hydrogen-bond acceptors (Lipinski definition) is 6. The van der Waals surface area contributed by atoms with Crippen molar-refractivity contribution in [2.45, 2.75) is 25.9 Å². The minimum Gasteiger partial charge on any atom is -0.490 e. The Bertz CT molecular complexity index is 414. The molecule has 1 aliphatic heterocycles. The maximum absolute atomic E-state index is 5.48. The van der Waals surface area contributed by atoms with Gasteiger partial charge in [0, 0.05) is 26.7 Å². The van der Waals surface area contributed by atoms with Gasteiger partial charge in [0.15, 0.2) is 11.6 Å². The van der Waals surface area contributed by atoms with Gasteiger partial charge in [-0.3, -0.25) is 0 Å². The molecule has 1 fully saturated rings. The van der Waals surface area contributed by atoms with Crippen LogP contribution in [0, 0.1) is 0 Å². The summed E-state index contributed by atoms with van der Waals surface area (Å²) in [4.78, 5) is 10.8. The number of nitrogens with zero attached hydrogens (tertiary/aromatic N) is 3. The number of ether oxygens (including phenoxy) is 2. The highest BCUT2D eigenvalue weighted by molar-refractivity contribution is 5.64. The van der Waals surface area contributed by atoms with Crippen LogP contribution in [0.15, 0.2) is 6.33 Å². The summed E-state index contributed by atoms with van der Waals surface area (Å²) < 4.78 is 10.9. The number of rotatable bonds is 5. The van der Waals surface area contributed by atoms with E-state index >= 15 is 0 Å². The van der Waals surface area contributed by atoms with Crippen molar-refractivity contribution in [2.75, 3.05) is 44.1 Å². The summed E-state index contributed by atoms with van der Waals surface area (Å²) in [6.45, 7) is 4.64. The van der Waals surface area contributed by atoms with Crippen LogP contribution in [0.2, 0.25) is 0 Å². The SMILES string of the molecule is CCNc1ncnc(N2CCCC(OC)C2)c1OC. The first-order valence-electron chi connectivity index (χ1n) is 6.70. The minimum atomic E-state index is 0.260. The summed E-state index contributed by atoms with van der Waals surface area (Å²) in [6, 6.07) is 0. The van der Waals surface area contributed by atoms with Crippen LogP contribution < -0.4 is 15.0 Å². The summed E-state index contributed by atoms with van der Waals surface area (Å²) in [5, 5.41) is 3.20. The third-order valence-electron chi connectivity index (χ3n) is 3.34. The summed E-state index contributed by atoms with van der Waals surface area (Å²) in [5.41, 5.74) is 0. The lowest BCUT2D eigenvalue weighted by atomic mass is 10.1. The number of hydrogen-bond donors (Lipinski definition) is 1. The fourth-order valence-corrected chi connectivity index (χ4v) is 2.39. The molecule has 1 N–H and O–H groups in total. The predicted octanol–water partition coefficient (Wildman–Crippen LogP) is 1.53. The first-order valence-corrected chi connectivity index (χ1v) is 6.70. The normalized spacial score (nSPS) is 19.3. The molecule has 1 aliphatic rings. The monoisotopic (exact) mass is 266 g/mol. The molecule has 1 atom stereocenters. The maximum atomic E-state index is 5.48. The van der Waals surface area contributed by atoms with Gasteiger partial charge in [0.1, 0.15) is 6.33 Å². The molecule has 0 amide bonds. The van der Waals surface area contributed by atoms with Crippen LogP contribution in [0.1, 0.15) is 19.8 Å². The molecule has 1 aromatic rings. The fraction of sp³-hybridized carbons (Fsp3) is 0.692. The van der Waals surface area contributed by atoms with E-state index in [2.05, 4.69) is 20.2 Å². The van der Waals surface area contributed by atoms with E-state index in [1.165, 1.54) is 0 Å². The average Bonchev–Trinajstić information content (AvgIpc) is 2.47. The predicted molar refractivity (Wildman–Crippen MR) is 75.0 cm³/mol. The Kier molecular flexibility index (Phi) is 4.79. The molecule has 0 aliphatic carbocycles. The van der Waals surface area contributed by atoms with Crippen molar-refractivity contribution < 1.29 is 9.47 Å². The molecule has 6 nitrogen and oxygen atoms in total. The highest BCUT2D eigenvalue weighted by atomic mass is 16.5. The molecule has 0 bridgehead atoms. The third-order valence-corrected chi connectivity index (χ3v) is 3.34. The van der Waals surface area contributed by atoms with Crippen LogP contribution in [-0.4, -0.2) is 49.9 Å². The number of piperidine rings is 1. The third kappa shape index (κ3) is 3.07. The summed E-state index contributed by atoms with van der Waals surface area (Å²) >= 11 is 0. The standard InChI is InChI=1S/C13H22N4O2/c1-4-14-12-11(19-3)13(16-9-15-12)17-7-5-6-10(8-17)18-2/h9-10H,4-8H2,1-3H3,(H,14,15,16). The Labute approximate surface area is 114 Å². The summed E-state index contributed by atoms with van der Waals surface area (Å²) in [5.74, 6) is 2.30. The molecular formula is C13H22N4O2. The average molecular weight is 266 g/mol. The molecule has 1 unspecified atom stereocenters. The Morgan fingerprint density at radius 3 is 2.95 bits per heavy atom. The molecular weight excluding hydrogens is 244 g/mol. The largest absolute Gasteiger partial charge is 0.490 e. The lowest BCUT2D eigenvalue weighted by molar-refractivity contribution is 0.0890. The molecule has 1 aromatic heterocycles. The second-order valence-corrected chi connectivity index (χ2v) is 4.56. The van der Waals surface area contributed by atoms with Gasteiger partial charge < -0.3 is 19.7 Å². The Hall–Kier alpha value is -1.56. The second-order valence-electron chi connectivity index (χ2n) is 4.56. The number of methoxy groups -OCH3 is 2. The smallest absolute Gasteiger partial charge is 0.204 e. The van der Waals surface area contributed by atoms with Crippen molar-refractivity contribution in [1.29, 1.82) is 0 Å². The van der Waals surface area contributed by atoms with E-state index in [4.69, 9.17) is 9.47 Å². The van der Waals surface area contributed by atoms with E-state index in [9.17, 15) is 0 Å². The fourth-order valence-electron chi connectivity index (χ4n) is 2.39. The number of anilines is 2. The van der Waals surface area contributed by atoms with Crippen LogP contribution in [0.25, 0.3) is 0 Å². The molecule has 2 heterocycles. The van der Waals surface area contributed by atoms with Gasteiger partial charge in [0.05, 0.1) is 13.2 Å². The van der Waals surface area contributed by atoms with Gasteiger partial charge in [-0.15, -0.1) is 0 Å². The lowest BCUT2D eigenvalue weighted by Gasteiger charge is -2.33. The van der Waals surface area contributed by atoms with Crippen molar-refractivity contribution >= 4 is 11.6 Å². The molecule has 1 saturated heterocycles. The first-order chi connectivity index (χ1) is 9.30. The number of aromatic nitrogens is 2.